The van der Waals surface area contributed by atoms with Gasteiger partial charge in [0, 0.05) is 47.2 Å². The Morgan fingerprint density at radius 3 is 2.71 bits per heavy atom. The third-order valence-corrected chi connectivity index (χ3v) is 3.68. The summed E-state index contributed by atoms with van der Waals surface area (Å²) in [5.41, 5.74) is 3.69. The van der Waals surface area contributed by atoms with Crippen LogP contribution in [0.4, 0.5) is 0 Å². The third kappa shape index (κ3) is 6.00. The molecule has 0 aliphatic heterocycles. The smallest absolute Gasteiger partial charge is 0.271 e. The average Bonchev–Trinajstić information content (AvgIpc) is 2.74. The number of hydrazone groups is 1. The topological polar surface area (TPSA) is 88.8 Å². The number of aromatic nitrogens is 2. The van der Waals surface area contributed by atoms with Crippen LogP contribution in [0.2, 0.25) is 5.02 Å². The number of carbonyl (C=O) groups is 1. The molecule has 3 rings (SSSR count). The molecular weight excluding hydrogens is 378 g/mol. The fraction of sp³-hybridized carbons (Fsp3) is 0.0500. The van der Waals surface area contributed by atoms with E-state index in [-0.39, 0.29) is 18.3 Å². The first-order valence-electron chi connectivity index (χ1n) is 8.30. The molecule has 0 aliphatic carbocycles. The van der Waals surface area contributed by atoms with E-state index in [4.69, 9.17) is 16.3 Å². The van der Waals surface area contributed by atoms with E-state index in [1.807, 2.05) is 6.07 Å². The molecule has 0 fully saturated rings. The van der Waals surface area contributed by atoms with Gasteiger partial charge < -0.3 is 4.74 Å². The SMILES string of the molecule is O=C(N/N=C(\COc1cccc(Cl)c1)N=Cc1cccnc1)c1ccncc1. The van der Waals surface area contributed by atoms with Crippen LogP contribution in [0.1, 0.15) is 15.9 Å². The monoisotopic (exact) mass is 393 g/mol. The lowest BCUT2D eigenvalue weighted by atomic mass is 10.3. The lowest BCUT2D eigenvalue weighted by Gasteiger charge is -2.07. The highest BCUT2D eigenvalue weighted by atomic mass is 35.5. The molecule has 7 nitrogen and oxygen atoms in total. The number of amidine groups is 1. The first-order chi connectivity index (χ1) is 13.7. The first-order valence-corrected chi connectivity index (χ1v) is 8.68. The number of nitrogens with zero attached hydrogens (tertiary/aromatic N) is 4. The number of pyridine rings is 2. The summed E-state index contributed by atoms with van der Waals surface area (Å²) in [6.07, 6.45) is 7.98. The van der Waals surface area contributed by atoms with Crippen molar-refractivity contribution in [3.63, 3.8) is 0 Å². The second kappa shape index (κ2) is 9.94. The van der Waals surface area contributed by atoms with Crippen molar-refractivity contribution in [1.82, 2.24) is 15.4 Å². The number of carbonyl (C=O) groups excluding carboxylic acids is 1. The number of ether oxygens (including phenoxy) is 1. The zero-order valence-corrected chi connectivity index (χ0v) is 15.5. The zero-order chi connectivity index (χ0) is 19.6. The molecule has 1 amide bonds. The van der Waals surface area contributed by atoms with Crippen LogP contribution in [0.3, 0.4) is 0 Å². The molecule has 0 radical (unpaired) electrons. The van der Waals surface area contributed by atoms with Gasteiger partial charge in [-0.3, -0.25) is 14.8 Å². The summed E-state index contributed by atoms with van der Waals surface area (Å²) in [5.74, 6) is 0.461. The number of hydrogen-bond donors (Lipinski definition) is 1. The predicted molar refractivity (Wildman–Crippen MR) is 108 cm³/mol. The Morgan fingerprint density at radius 1 is 1.11 bits per heavy atom. The van der Waals surface area contributed by atoms with Gasteiger partial charge in [0.1, 0.15) is 12.4 Å². The number of halogens is 1. The summed E-state index contributed by atoms with van der Waals surface area (Å²) in [6.45, 7) is 0.0354. The Balaban J connectivity index is 1.73. The van der Waals surface area contributed by atoms with Crippen LogP contribution in [0.25, 0.3) is 0 Å². The van der Waals surface area contributed by atoms with Gasteiger partial charge in [-0.1, -0.05) is 23.7 Å². The molecule has 0 atom stereocenters. The van der Waals surface area contributed by atoms with Crippen LogP contribution in [-0.4, -0.2) is 34.5 Å². The number of hydrogen-bond acceptors (Lipinski definition) is 5. The number of benzene rings is 1. The van der Waals surface area contributed by atoms with Crippen LogP contribution in [0.5, 0.6) is 5.75 Å². The van der Waals surface area contributed by atoms with Gasteiger partial charge in [0.15, 0.2) is 5.84 Å². The molecule has 0 aliphatic rings. The lowest BCUT2D eigenvalue weighted by Crippen LogP contribution is -2.21. The molecule has 0 saturated carbocycles. The fourth-order valence-corrected chi connectivity index (χ4v) is 2.27. The summed E-state index contributed by atoms with van der Waals surface area (Å²) in [7, 11) is 0. The van der Waals surface area contributed by atoms with Crippen molar-refractivity contribution in [3.8, 4) is 5.75 Å². The highest BCUT2D eigenvalue weighted by Gasteiger charge is 2.05. The van der Waals surface area contributed by atoms with Gasteiger partial charge >= 0.3 is 0 Å². The molecule has 1 aromatic carbocycles. The fourth-order valence-electron chi connectivity index (χ4n) is 2.09. The van der Waals surface area contributed by atoms with Crippen LogP contribution in [0.15, 0.2) is 83.4 Å². The molecular formula is C20H16ClN5O2. The average molecular weight is 394 g/mol. The van der Waals surface area contributed by atoms with Crippen LogP contribution in [0, 0.1) is 0 Å². The lowest BCUT2D eigenvalue weighted by molar-refractivity contribution is 0.0954. The van der Waals surface area contributed by atoms with Crippen molar-refractivity contribution in [2.45, 2.75) is 0 Å². The minimum atomic E-state index is -0.376. The van der Waals surface area contributed by atoms with Crippen molar-refractivity contribution < 1.29 is 9.53 Å². The third-order valence-electron chi connectivity index (χ3n) is 3.44. The van der Waals surface area contributed by atoms with Gasteiger partial charge in [-0.15, -0.1) is 0 Å². The summed E-state index contributed by atoms with van der Waals surface area (Å²) in [4.78, 5) is 24.4. The molecule has 140 valence electrons. The van der Waals surface area contributed by atoms with Crippen molar-refractivity contribution in [1.29, 1.82) is 0 Å². The second-order valence-corrected chi connectivity index (χ2v) is 5.93. The van der Waals surface area contributed by atoms with Crippen molar-refractivity contribution in [2.24, 2.45) is 10.1 Å². The first kappa shape index (κ1) is 19.2. The number of rotatable bonds is 6. The van der Waals surface area contributed by atoms with Gasteiger partial charge in [-0.05, 0) is 36.4 Å². The normalized spacial score (nSPS) is 11.4. The molecule has 0 saturated heterocycles. The van der Waals surface area contributed by atoms with E-state index < -0.39 is 0 Å². The maximum atomic E-state index is 12.2. The summed E-state index contributed by atoms with van der Waals surface area (Å²) in [5, 5.41) is 4.63. The minimum absolute atomic E-state index is 0.0354. The molecule has 0 spiro atoms. The Labute approximate surface area is 166 Å². The quantitative estimate of drug-likeness (QED) is 0.395. The number of amides is 1. The van der Waals surface area contributed by atoms with Gasteiger partial charge in [-0.25, -0.2) is 10.4 Å². The van der Waals surface area contributed by atoms with Crippen molar-refractivity contribution in [2.75, 3.05) is 6.61 Å². The van der Waals surface area contributed by atoms with Crippen molar-refractivity contribution in [3.05, 3.63) is 89.5 Å². The van der Waals surface area contributed by atoms with Gasteiger partial charge in [0.2, 0.25) is 0 Å². The molecule has 0 unspecified atom stereocenters. The highest BCUT2D eigenvalue weighted by molar-refractivity contribution is 6.30. The van der Waals surface area contributed by atoms with Crippen molar-refractivity contribution >= 4 is 29.6 Å². The van der Waals surface area contributed by atoms with E-state index in [0.717, 1.165) is 5.56 Å². The van der Waals surface area contributed by atoms with Gasteiger partial charge in [0.05, 0.1) is 0 Å². The standard InChI is InChI=1S/C20H16ClN5O2/c21-17-4-1-5-18(11-17)28-14-19(24-13-15-3-2-8-23-12-15)25-26-20(27)16-6-9-22-10-7-16/h1-13H,14H2,(H,26,27)/b24-13?,25-19+. The maximum absolute atomic E-state index is 12.2. The molecule has 3 aromatic rings. The molecule has 1 N–H and O–H groups in total. The summed E-state index contributed by atoms with van der Waals surface area (Å²) in [6, 6.07) is 13.8. The number of nitrogens with one attached hydrogen (secondary N) is 1. The maximum Gasteiger partial charge on any atom is 0.271 e. The minimum Gasteiger partial charge on any atom is -0.485 e. The zero-order valence-electron chi connectivity index (χ0n) is 14.7. The Hall–Kier alpha value is -3.58. The van der Waals surface area contributed by atoms with E-state index in [1.54, 1.807) is 61.1 Å². The van der Waals surface area contributed by atoms with E-state index >= 15 is 0 Å². The largest absolute Gasteiger partial charge is 0.485 e. The predicted octanol–water partition coefficient (Wildman–Crippen LogP) is 3.37. The van der Waals surface area contributed by atoms with Crippen LogP contribution >= 0.6 is 11.6 Å². The Morgan fingerprint density at radius 2 is 1.96 bits per heavy atom. The summed E-state index contributed by atoms with van der Waals surface area (Å²) >= 11 is 5.96. The molecule has 2 heterocycles. The van der Waals surface area contributed by atoms with Gasteiger partial charge in [-0.2, -0.15) is 5.10 Å². The highest BCUT2D eigenvalue weighted by Crippen LogP contribution is 2.17. The van der Waals surface area contributed by atoms with E-state index in [1.165, 1.54) is 12.4 Å². The second-order valence-electron chi connectivity index (χ2n) is 5.50. The van der Waals surface area contributed by atoms with E-state index in [2.05, 4.69) is 25.5 Å². The molecule has 8 heteroatoms. The molecule has 2 aromatic heterocycles. The van der Waals surface area contributed by atoms with E-state index in [0.29, 0.717) is 16.3 Å². The Bertz CT molecular complexity index is 978. The number of aliphatic imine (C=N–C) groups is 1. The molecule has 28 heavy (non-hydrogen) atoms. The van der Waals surface area contributed by atoms with Crippen LogP contribution < -0.4 is 10.2 Å². The van der Waals surface area contributed by atoms with E-state index in [9.17, 15) is 4.79 Å². The molecule has 0 bridgehead atoms. The summed E-state index contributed by atoms with van der Waals surface area (Å²) < 4.78 is 5.67. The Kier molecular flexibility index (Phi) is 6.81. The van der Waals surface area contributed by atoms with Gasteiger partial charge in [0.25, 0.3) is 5.91 Å². The van der Waals surface area contributed by atoms with Crippen LogP contribution in [-0.2, 0) is 0 Å².